The summed E-state index contributed by atoms with van der Waals surface area (Å²) in [5.41, 5.74) is 6.57. The number of ether oxygens (including phenoxy) is 2. The molecule has 0 aromatic heterocycles. The minimum Gasteiger partial charge on any atom is -0.489 e. The van der Waals surface area contributed by atoms with Crippen LogP contribution in [-0.4, -0.2) is 30.9 Å². The molecular formula is C22H23ClO4. The van der Waals surface area contributed by atoms with Crippen molar-refractivity contribution in [2.45, 2.75) is 26.7 Å². The Hall–Kier alpha value is -2.30. The Morgan fingerprint density at radius 3 is 2.56 bits per heavy atom. The molecule has 4 nitrogen and oxygen atoms in total. The molecule has 142 valence electrons. The predicted molar refractivity (Wildman–Crippen MR) is 107 cm³/mol. The van der Waals surface area contributed by atoms with Gasteiger partial charge in [-0.05, 0) is 71.9 Å². The summed E-state index contributed by atoms with van der Waals surface area (Å²) >= 11 is 5.98. The van der Waals surface area contributed by atoms with Gasteiger partial charge in [-0.3, -0.25) is 4.79 Å². The molecule has 1 N–H and O–H groups in total. The van der Waals surface area contributed by atoms with Crippen molar-refractivity contribution in [2.75, 3.05) is 19.8 Å². The number of carboxylic acids is 1. The van der Waals surface area contributed by atoms with Crippen LogP contribution in [0.1, 0.15) is 28.7 Å². The molecule has 0 spiro atoms. The van der Waals surface area contributed by atoms with Crippen molar-refractivity contribution < 1.29 is 19.4 Å². The molecule has 0 fully saturated rings. The van der Waals surface area contributed by atoms with Crippen LogP contribution in [0.4, 0.5) is 0 Å². The number of hydrogen-bond acceptors (Lipinski definition) is 3. The molecular weight excluding hydrogens is 364 g/mol. The van der Waals surface area contributed by atoms with Crippen molar-refractivity contribution in [3.05, 3.63) is 69.2 Å². The molecule has 2 aromatic carbocycles. The number of aliphatic carboxylic acids is 1. The zero-order chi connectivity index (χ0) is 19.4. The van der Waals surface area contributed by atoms with Gasteiger partial charge in [-0.1, -0.05) is 29.8 Å². The van der Waals surface area contributed by atoms with Crippen molar-refractivity contribution >= 4 is 23.1 Å². The summed E-state index contributed by atoms with van der Waals surface area (Å²) in [7, 11) is 0. The molecule has 3 rings (SSSR count). The smallest absolute Gasteiger partial charge is 0.303 e. The van der Waals surface area contributed by atoms with Gasteiger partial charge in [0, 0.05) is 11.4 Å². The summed E-state index contributed by atoms with van der Waals surface area (Å²) in [6, 6.07) is 11.6. The maximum absolute atomic E-state index is 10.8. The Balaban J connectivity index is 1.74. The number of rotatable bonds is 7. The third kappa shape index (κ3) is 4.71. The Labute approximate surface area is 164 Å². The normalized spacial score (nSPS) is 13.9. The minimum atomic E-state index is -0.782. The predicted octanol–water partition coefficient (Wildman–Crippen LogP) is 4.84. The number of aryl methyl sites for hydroxylation is 1. The quantitative estimate of drug-likeness (QED) is 0.740. The van der Waals surface area contributed by atoms with Crippen molar-refractivity contribution in [3.63, 3.8) is 0 Å². The van der Waals surface area contributed by atoms with E-state index in [4.69, 9.17) is 26.2 Å². The monoisotopic (exact) mass is 386 g/mol. The molecule has 0 radical (unpaired) electrons. The first kappa shape index (κ1) is 19.5. The van der Waals surface area contributed by atoms with Crippen molar-refractivity contribution in [3.8, 4) is 5.75 Å². The van der Waals surface area contributed by atoms with Gasteiger partial charge in [0.15, 0.2) is 0 Å². The lowest BCUT2D eigenvalue weighted by Gasteiger charge is -2.15. The standard InChI is InChI=1S/C22H23ClO4/c1-14-15(2)21(9-5-16(14)6-10-22(24)25)27-12-18-11-26-13-20(18)17-3-7-19(23)8-4-17/h3-5,7-9H,6,10-13H2,1-2H3,(H,24,25). The van der Waals surface area contributed by atoms with Crippen molar-refractivity contribution in [2.24, 2.45) is 0 Å². The molecule has 0 unspecified atom stereocenters. The molecule has 1 heterocycles. The lowest BCUT2D eigenvalue weighted by Crippen LogP contribution is -2.07. The maximum atomic E-state index is 10.8. The first-order valence-corrected chi connectivity index (χ1v) is 9.31. The molecule has 0 aliphatic carbocycles. The highest BCUT2D eigenvalue weighted by atomic mass is 35.5. The molecule has 0 saturated heterocycles. The van der Waals surface area contributed by atoms with Gasteiger partial charge in [0.2, 0.25) is 0 Å². The largest absolute Gasteiger partial charge is 0.489 e. The van der Waals surface area contributed by atoms with Crippen LogP contribution in [-0.2, 0) is 16.0 Å². The van der Waals surface area contributed by atoms with E-state index in [1.807, 2.05) is 50.2 Å². The highest BCUT2D eigenvalue weighted by Gasteiger charge is 2.18. The second-order valence-electron chi connectivity index (χ2n) is 6.74. The summed E-state index contributed by atoms with van der Waals surface area (Å²) in [4.78, 5) is 10.8. The summed E-state index contributed by atoms with van der Waals surface area (Å²) in [5.74, 6) is 0.0386. The van der Waals surface area contributed by atoms with Crippen molar-refractivity contribution in [1.29, 1.82) is 0 Å². The van der Waals surface area contributed by atoms with Gasteiger partial charge in [0.1, 0.15) is 12.4 Å². The van der Waals surface area contributed by atoms with Crippen LogP contribution in [0.15, 0.2) is 42.0 Å². The van der Waals surface area contributed by atoms with Crippen molar-refractivity contribution in [1.82, 2.24) is 0 Å². The second-order valence-corrected chi connectivity index (χ2v) is 7.17. The average molecular weight is 387 g/mol. The van der Waals surface area contributed by atoms with Crippen LogP contribution in [0, 0.1) is 13.8 Å². The number of benzene rings is 2. The van der Waals surface area contributed by atoms with Crippen LogP contribution in [0.2, 0.25) is 5.02 Å². The molecule has 0 amide bonds. The summed E-state index contributed by atoms with van der Waals surface area (Å²) in [6.07, 6.45) is 0.664. The van der Waals surface area contributed by atoms with Gasteiger partial charge in [0.25, 0.3) is 0 Å². The average Bonchev–Trinajstić information content (AvgIpc) is 3.11. The van der Waals surface area contributed by atoms with Gasteiger partial charge < -0.3 is 14.6 Å². The third-order valence-corrected chi connectivity index (χ3v) is 5.25. The highest BCUT2D eigenvalue weighted by Crippen LogP contribution is 2.29. The highest BCUT2D eigenvalue weighted by molar-refractivity contribution is 6.30. The van der Waals surface area contributed by atoms with Crippen LogP contribution < -0.4 is 4.74 Å². The van der Waals surface area contributed by atoms with Gasteiger partial charge >= 0.3 is 5.97 Å². The SMILES string of the molecule is Cc1c(CCC(=O)O)ccc(OCC2=C(c3ccc(Cl)cc3)COC2)c1C. The molecule has 0 bridgehead atoms. The Bertz CT molecular complexity index is 869. The summed E-state index contributed by atoms with van der Waals surface area (Å²) < 4.78 is 11.7. The van der Waals surface area contributed by atoms with E-state index in [1.54, 1.807) is 0 Å². The number of carboxylic acid groups (broad SMARTS) is 1. The Morgan fingerprint density at radius 2 is 1.85 bits per heavy atom. The van der Waals surface area contributed by atoms with Gasteiger partial charge in [-0.25, -0.2) is 0 Å². The van der Waals surface area contributed by atoms with Gasteiger partial charge in [-0.2, -0.15) is 0 Å². The molecule has 5 heteroatoms. The first-order chi connectivity index (χ1) is 13.0. The molecule has 1 aliphatic rings. The fourth-order valence-corrected chi connectivity index (χ4v) is 3.34. The van der Waals surface area contributed by atoms with E-state index in [-0.39, 0.29) is 6.42 Å². The van der Waals surface area contributed by atoms with E-state index in [9.17, 15) is 4.79 Å². The molecule has 0 atom stereocenters. The zero-order valence-electron chi connectivity index (χ0n) is 15.5. The number of halogens is 1. The van der Waals surface area contributed by atoms with Crippen LogP contribution >= 0.6 is 11.6 Å². The van der Waals surface area contributed by atoms with Gasteiger partial charge in [0.05, 0.1) is 13.2 Å². The topological polar surface area (TPSA) is 55.8 Å². The van der Waals surface area contributed by atoms with E-state index in [1.165, 1.54) is 0 Å². The van der Waals surface area contributed by atoms with Crippen LogP contribution in [0.3, 0.4) is 0 Å². The third-order valence-electron chi connectivity index (χ3n) is 5.00. The molecule has 27 heavy (non-hydrogen) atoms. The van der Waals surface area contributed by atoms with Crippen LogP contribution in [0.25, 0.3) is 5.57 Å². The maximum Gasteiger partial charge on any atom is 0.303 e. The fourth-order valence-electron chi connectivity index (χ4n) is 3.22. The number of carbonyl (C=O) groups is 1. The zero-order valence-corrected chi connectivity index (χ0v) is 16.3. The minimum absolute atomic E-state index is 0.134. The fraction of sp³-hybridized carbons (Fsp3) is 0.318. The molecule has 2 aromatic rings. The lowest BCUT2D eigenvalue weighted by molar-refractivity contribution is -0.136. The Kier molecular flexibility index (Phi) is 6.19. The van der Waals surface area contributed by atoms with E-state index in [0.29, 0.717) is 31.3 Å². The van der Waals surface area contributed by atoms with E-state index < -0.39 is 5.97 Å². The molecule has 1 aliphatic heterocycles. The first-order valence-electron chi connectivity index (χ1n) is 8.94. The Morgan fingerprint density at radius 1 is 1.11 bits per heavy atom. The molecule has 0 saturated carbocycles. The number of hydrogen-bond donors (Lipinski definition) is 1. The van der Waals surface area contributed by atoms with Crippen LogP contribution in [0.5, 0.6) is 5.75 Å². The van der Waals surface area contributed by atoms with Gasteiger partial charge in [-0.15, -0.1) is 0 Å². The second kappa shape index (κ2) is 8.59. The van der Waals surface area contributed by atoms with E-state index in [0.717, 1.165) is 39.1 Å². The summed E-state index contributed by atoms with van der Waals surface area (Å²) in [6.45, 7) is 5.62. The summed E-state index contributed by atoms with van der Waals surface area (Å²) in [5, 5.41) is 9.59. The lowest BCUT2D eigenvalue weighted by atomic mass is 9.99. The van der Waals surface area contributed by atoms with E-state index in [2.05, 4.69) is 0 Å². The van der Waals surface area contributed by atoms with E-state index >= 15 is 0 Å².